The van der Waals surface area contributed by atoms with Gasteiger partial charge in [-0.25, -0.2) is 8.42 Å². The fraction of sp³-hybridized carbons (Fsp3) is 0.467. The van der Waals surface area contributed by atoms with Gasteiger partial charge in [-0.1, -0.05) is 0 Å². The van der Waals surface area contributed by atoms with Crippen molar-refractivity contribution in [3.05, 3.63) is 23.3 Å². The number of hydrogen-bond acceptors (Lipinski definition) is 5. The normalized spacial score (nSPS) is 11.4. The van der Waals surface area contributed by atoms with Crippen LogP contribution in [0.25, 0.3) is 0 Å². The summed E-state index contributed by atoms with van der Waals surface area (Å²) in [4.78, 5) is 22.7. The Balaban J connectivity index is 3.18. The molecule has 0 radical (unpaired) electrons. The van der Waals surface area contributed by atoms with Gasteiger partial charge in [0.2, 0.25) is 15.9 Å². The minimum atomic E-state index is -3.84. The summed E-state index contributed by atoms with van der Waals surface area (Å²) >= 11 is 0. The van der Waals surface area contributed by atoms with Gasteiger partial charge in [-0.05, 0) is 44.0 Å². The third-order valence-electron chi connectivity index (χ3n) is 3.11. The van der Waals surface area contributed by atoms with Gasteiger partial charge in [0.05, 0.1) is 11.5 Å². The number of benzene rings is 1. The third kappa shape index (κ3) is 4.77. The van der Waals surface area contributed by atoms with Crippen LogP contribution in [0.15, 0.2) is 17.0 Å². The Morgan fingerprint density at radius 1 is 1.22 bits per heavy atom. The fourth-order valence-corrected chi connectivity index (χ4v) is 3.78. The number of amides is 1. The van der Waals surface area contributed by atoms with Crippen molar-refractivity contribution in [2.45, 2.75) is 32.6 Å². The maximum Gasteiger partial charge on any atom is 0.321 e. The van der Waals surface area contributed by atoms with Gasteiger partial charge in [-0.3, -0.25) is 9.59 Å². The highest BCUT2D eigenvalue weighted by Crippen LogP contribution is 2.26. The van der Waals surface area contributed by atoms with Crippen molar-refractivity contribution in [2.75, 3.05) is 25.5 Å². The van der Waals surface area contributed by atoms with Crippen LogP contribution in [0.5, 0.6) is 0 Å². The highest BCUT2D eigenvalue weighted by atomic mass is 32.2. The lowest BCUT2D eigenvalue weighted by Gasteiger charge is -2.20. The van der Waals surface area contributed by atoms with Crippen molar-refractivity contribution in [3.8, 4) is 0 Å². The first-order chi connectivity index (χ1) is 10.6. The number of esters is 1. The van der Waals surface area contributed by atoms with Gasteiger partial charge >= 0.3 is 5.97 Å². The molecule has 1 N–H and O–H groups in total. The quantitative estimate of drug-likeness (QED) is 0.790. The SMILES string of the molecule is CCOC(=O)CN(C)S(=O)(=O)c1c(C)cc(NC(C)=O)cc1C. The molecule has 0 bridgehead atoms. The van der Waals surface area contributed by atoms with Gasteiger partial charge in [0, 0.05) is 19.7 Å². The summed E-state index contributed by atoms with van der Waals surface area (Å²) < 4.78 is 31.1. The Labute approximate surface area is 136 Å². The predicted molar refractivity (Wildman–Crippen MR) is 86.7 cm³/mol. The highest BCUT2D eigenvalue weighted by Gasteiger charge is 2.27. The van der Waals surface area contributed by atoms with E-state index in [1.54, 1.807) is 32.9 Å². The molecule has 1 amide bonds. The number of nitrogens with one attached hydrogen (secondary N) is 1. The van der Waals surface area contributed by atoms with Crippen molar-refractivity contribution in [1.82, 2.24) is 4.31 Å². The van der Waals surface area contributed by atoms with Crippen LogP contribution in [-0.4, -0.2) is 44.8 Å². The maximum absolute atomic E-state index is 12.7. The van der Waals surface area contributed by atoms with E-state index < -0.39 is 16.0 Å². The van der Waals surface area contributed by atoms with Gasteiger partial charge in [-0.15, -0.1) is 0 Å². The molecule has 0 saturated carbocycles. The summed E-state index contributed by atoms with van der Waals surface area (Å²) in [5.74, 6) is -0.845. The summed E-state index contributed by atoms with van der Waals surface area (Å²) in [6, 6.07) is 3.17. The molecular formula is C15H22N2O5S. The zero-order valence-corrected chi connectivity index (χ0v) is 14.8. The first-order valence-corrected chi connectivity index (χ1v) is 8.54. The zero-order chi connectivity index (χ0) is 17.8. The van der Waals surface area contributed by atoms with E-state index in [1.807, 2.05) is 0 Å². The molecule has 0 aliphatic rings. The van der Waals surface area contributed by atoms with Crippen LogP contribution in [-0.2, 0) is 24.3 Å². The van der Waals surface area contributed by atoms with Crippen molar-refractivity contribution in [2.24, 2.45) is 0 Å². The van der Waals surface area contributed by atoms with Gasteiger partial charge in [0.25, 0.3) is 0 Å². The summed E-state index contributed by atoms with van der Waals surface area (Å²) in [7, 11) is -2.51. The second-order valence-corrected chi connectivity index (χ2v) is 7.17. The van der Waals surface area contributed by atoms with Gasteiger partial charge in [-0.2, -0.15) is 4.31 Å². The standard InChI is InChI=1S/C15H22N2O5S/c1-6-22-14(19)9-17(5)23(20,21)15-10(2)7-13(8-11(15)3)16-12(4)18/h7-8H,6,9H2,1-5H3,(H,16,18). The number of ether oxygens (including phenoxy) is 1. The van der Waals surface area contributed by atoms with Crippen molar-refractivity contribution >= 4 is 27.6 Å². The van der Waals surface area contributed by atoms with Crippen LogP contribution in [0.3, 0.4) is 0 Å². The van der Waals surface area contributed by atoms with Crippen LogP contribution >= 0.6 is 0 Å². The van der Waals surface area contributed by atoms with E-state index >= 15 is 0 Å². The predicted octanol–water partition coefficient (Wildman–Crippen LogP) is 1.45. The molecular weight excluding hydrogens is 320 g/mol. The molecule has 0 aliphatic heterocycles. The number of hydrogen-bond donors (Lipinski definition) is 1. The van der Waals surface area contributed by atoms with Gasteiger partial charge in [0.1, 0.15) is 6.54 Å². The Kier molecular flexibility index (Phi) is 6.28. The molecule has 1 aromatic carbocycles. The minimum Gasteiger partial charge on any atom is -0.465 e. The molecule has 0 heterocycles. The first kappa shape index (κ1) is 19.1. The minimum absolute atomic E-state index is 0.124. The molecule has 128 valence electrons. The molecule has 8 heteroatoms. The van der Waals surface area contributed by atoms with Crippen LogP contribution in [0.1, 0.15) is 25.0 Å². The van der Waals surface area contributed by atoms with Gasteiger partial charge in [0.15, 0.2) is 0 Å². The first-order valence-electron chi connectivity index (χ1n) is 7.10. The molecule has 0 saturated heterocycles. The average molecular weight is 342 g/mol. The van der Waals surface area contributed by atoms with Crippen LogP contribution in [0, 0.1) is 13.8 Å². The van der Waals surface area contributed by atoms with E-state index in [9.17, 15) is 18.0 Å². The number of carbonyl (C=O) groups is 2. The number of aryl methyl sites for hydroxylation is 2. The number of rotatable bonds is 6. The van der Waals surface area contributed by atoms with E-state index in [1.165, 1.54) is 14.0 Å². The van der Waals surface area contributed by atoms with Crippen molar-refractivity contribution < 1.29 is 22.7 Å². The Morgan fingerprint density at radius 3 is 2.17 bits per heavy atom. The fourth-order valence-electron chi connectivity index (χ4n) is 2.26. The largest absolute Gasteiger partial charge is 0.465 e. The van der Waals surface area contributed by atoms with Crippen molar-refractivity contribution in [1.29, 1.82) is 0 Å². The highest BCUT2D eigenvalue weighted by molar-refractivity contribution is 7.89. The van der Waals surface area contributed by atoms with E-state index in [2.05, 4.69) is 5.32 Å². The second-order valence-electron chi connectivity index (χ2n) is 5.19. The van der Waals surface area contributed by atoms with Crippen LogP contribution in [0.4, 0.5) is 5.69 Å². The molecule has 0 spiro atoms. The lowest BCUT2D eigenvalue weighted by atomic mass is 10.1. The van der Waals surface area contributed by atoms with E-state index in [0.717, 1.165) is 4.31 Å². The Hall–Kier alpha value is -1.93. The number of nitrogens with zero attached hydrogens (tertiary/aromatic N) is 1. The Morgan fingerprint density at radius 2 is 1.74 bits per heavy atom. The summed E-state index contributed by atoms with van der Waals surface area (Å²) in [6.07, 6.45) is 0. The molecule has 0 unspecified atom stereocenters. The number of likely N-dealkylation sites (N-methyl/N-ethyl adjacent to an activating group) is 1. The molecule has 1 aromatic rings. The van der Waals surface area contributed by atoms with E-state index in [-0.39, 0.29) is 24.0 Å². The average Bonchev–Trinajstić information content (AvgIpc) is 2.36. The van der Waals surface area contributed by atoms with Gasteiger partial charge < -0.3 is 10.1 Å². The summed E-state index contributed by atoms with van der Waals surface area (Å²) in [5, 5.41) is 2.62. The molecule has 0 aliphatic carbocycles. The summed E-state index contributed by atoms with van der Waals surface area (Å²) in [6.45, 7) is 6.15. The zero-order valence-electron chi connectivity index (χ0n) is 14.0. The van der Waals surface area contributed by atoms with Crippen LogP contribution < -0.4 is 5.32 Å². The topological polar surface area (TPSA) is 92.8 Å². The summed E-state index contributed by atoms with van der Waals surface area (Å²) in [5.41, 5.74) is 1.51. The molecule has 0 fully saturated rings. The molecule has 23 heavy (non-hydrogen) atoms. The van der Waals surface area contributed by atoms with Crippen LogP contribution in [0.2, 0.25) is 0 Å². The number of anilines is 1. The molecule has 0 atom stereocenters. The molecule has 1 rings (SSSR count). The maximum atomic E-state index is 12.7. The number of sulfonamides is 1. The lowest BCUT2D eigenvalue weighted by molar-refractivity contribution is -0.143. The second kappa shape index (κ2) is 7.56. The smallest absolute Gasteiger partial charge is 0.321 e. The Bertz CT molecular complexity index is 690. The van der Waals surface area contributed by atoms with E-state index in [0.29, 0.717) is 16.8 Å². The molecule has 7 nitrogen and oxygen atoms in total. The number of carbonyl (C=O) groups excluding carboxylic acids is 2. The van der Waals surface area contributed by atoms with Crippen molar-refractivity contribution in [3.63, 3.8) is 0 Å². The third-order valence-corrected chi connectivity index (χ3v) is 5.22. The van der Waals surface area contributed by atoms with E-state index in [4.69, 9.17) is 4.74 Å². The monoisotopic (exact) mass is 342 g/mol. The molecule has 0 aromatic heterocycles. The lowest BCUT2D eigenvalue weighted by Crippen LogP contribution is -2.34.